The molecule has 0 radical (unpaired) electrons. The standard InChI is InChI=1S/C28H34N4O3/c1-21(33)30-26(24-16-10-5-11-17-24)31-25(18-22-12-6-3-7-13-22)27(34)32-28(2,20-29)35-19-23-14-8-4-9-15-23/h4-5,8-11,14-17,22,25H,3,6-7,12-13,18-19H2,1-2H3,(H,32,34)(H,30,31,33). The minimum atomic E-state index is -1.52. The number of amides is 2. The average Bonchev–Trinajstić information content (AvgIpc) is 2.88. The largest absolute Gasteiger partial charge is 0.339 e. The molecule has 0 aliphatic heterocycles. The van der Waals surface area contributed by atoms with Crippen LogP contribution in [0.3, 0.4) is 0 Å². The first-order valence-corrected chi connectivity index (χ1v) is 12.2. The van der Waals surface area contributed by atoms with Crippen LogP contribution in [0, 0.1) is 17.2 Å². The highest BCUT2D eigenvalue weighted by atomic mass is 16.5. The average molecular weight is 475 g/mol. The molecule has 0 aromatic heterocycles. The van der Waals surface area contributed by atoms with Crippen molar-refractivity contribution in [2.24, 2.45) is 10.9 Å². The number of hydrogen-bond acceptors (Lipinski definition) is 5. The van der Waals surface area contributed by atoms with E-state index in [1.165, 1.54) is 13.3 Å². The van der Waals surface area contributed by atoms with E-state index < -0.39 is 17.7 Å². The number of rotatable bonds is 9. The molecule has 0 saturated heterocycles. The molecule has 0 bridgehead atoms. The molecular weight excluding hydrogens is 440 g/mol. The Labute approximate surface area is 207 Å². The Kier molecular flexibility index (Phi) is 9.56. The van der Waals surface area contributed by atoms with E-state index in [2.05, 4.69) is 16.7 Å². The van der Waals surface area contributed by atoms with E-state index in [0.717, 1.165) is 31.2 Å². The molecule has 2 atom stereocenters. The van der Waals surface area contributed by atoms with E-state index in [0.29, 0.717) is 23.7 Å². The molecule has 1 fully saturated rings. The highest BCUT2D eigenvalue weighted by Gasteiger charge is 2.32. The van der Waals surface area contributed by atoms with Gasteiger partial charge in [0.25, 0.3) is 0 Å². The second-order valence-electron chi connectivity index (χ2n) is 9.19. The van der Waals surface area contributed by atoms with Gasteiger partial charge in [-0.1, -0.05) is 92.8 Å². The summed E-state index contributed by atoms with van der Waals surface area (Å²) in [4.78, 5) is 30.1. The molecule has 7 heteroatoms. The summed E-state index contributed by atoms with van der Waals surface area (Å²) in [6, 6.07) is 20.1. The van der Waals surface area contributed by atoms with Crippen LogP contribution in [0.1, 0.15) is 63.5 Å². The van der Waals surface area contributed by atoms with E-state index >= 15 is 0 Å². The predicted octanol–water partition coefficient (Wildman–Crippen LogP) is 4.48. The lowest BCUT2D eigenvalue weighted by Crippen LogP contribution is -2.51. The van der Waals surface area contributed by atoms with Gasteiger partial charge in [-0.05, 0) is 24.8 Å². The number of nitriles is 1. The van der Waals surface area contributed by atoms with Gasteiger partial charge >= 0.3 is 0 Å². The van der Waals surface area contributed by atoms with Crippen LogP contribution < -0.4 is 10.6 Å². The number of benzene rings is 2. The molecule has 2 aromatic carbocycles. The fraction of sp³-hybridized carbons (Fsp3) is 0.429. The Bertz CT molecular complexity index is 1040. The van der Waals surface area contributed by atoms with Gasteiger partial charge in [-0.2, -0.15) is 5.26 Å². The molecule has 2 aromatic rings. The number of ether oxygens (including phenoxy) is 1. The van der Waals surface area contributed by atoms with Crippen LogP contribution >= 0.6 is 0 Å². The third-order valence-corrected chi connectivity index (χ3v) is 6.16. The normalized spacial score (nSPS) is 17.0. The van der Waals surface area contributed by atoms with E-state index in [1.54, 1.807) is 6.92 Å². The SMILES string of the molecule is CC(=O)NC(=NC(CC1CCCCC1)C(=O)NC(C)(C#N)OCc1ccccc1)c1ccccc1. The molecule has 3 rings (SSSR count). The van der Waals surface area contributed by atoms with Gasteiger partial charge in [-0.15, -0.1) is 0 Å². The highest BCUT2D eigenvalue weighted by molar-refractivity contribution is 6.08. The summed E-state index contributed by atoms with van der Waals surface area (Å²) < 4.78 is 5.82. The van der Waals surface area contributed by atoms with Crippen LogP contribution in [0.2, 0.25) is 0 Å². The first kappa shape index (κ1) is 26.1. The quantitative estimate of drug-likeness (QED) is 0.318. The number of nitrogens with zero attached hydrogens (tertiary/aromatic N) is 2. The molecule has 0 heterocycles. The minimum Gasteiger partial charge on any atom is -0.339 e. The molecule has 1 aliphatic carbocycles. The smallest absolute Gasteiger partial charge is 0.247 e. The molecule has 2 N–H and O–H groups in total. The molecule has 2 unspecified atom stereocenters. The Morgan fingerprint density at radius 2 is 1.71 bits per heavy atom. The van der Waals surface area contributed by atoms with Crippen LogP contribution in [0.4, 0.5) is 0 Å². The molecule has 2 amide bonds. The third-order valence-electron chi connectivity index (χ3n) is 6.16. The zero-order valence-electron chi connectivity index (χ0n) is 20.5. The minimum absolute atomic E-state index is 0.183. The van der Waals surface area contributed by atoms with Crippen LogP contribution in [0.15, 0.2) is 65.7 Å². The van der Waals surface area contributed by atoms with Gasteiger partial charge in [0, 0.05) is 12.5 Å². The number of aliphatic imine (C=N–C) groups is 1. The van der Waals surface area contributed by atoms with E-state index in [9.17, 15) is 14.9 Å². The second-order valence-corrected chi connectivity index (χ2v) is 9.19. The van der Waals surface area contributed by atoms with Gasteiger partial charge in [-0.3, -0.25) is 14.6 Å². The van der Waals surface area contributed by atoms with Crippen molar-refractivity contribution >= 4 is 17.6 Å². The van der Waals surface area contributed by atoms with Crippen molar-refractivity contribution in [1.82, 2.24) is 10.6 Å². The number of carbonyl (C=O) groups excluding carboxylic acids is 2. The third kappa shape index (κ3) is 8.34. The summed E-state index contributed by atoms with van der Waals surface area (Å²) in [6.07, 6.45) is 6.10. The predicted molar refractivity (Wildman–Crippen MR) is 135 cm³/mol. The summed E-state index contributed by atoms with van der Waals surface area (Å²) in [5.74, 6) is 0.0399. The summed E-state index contributed by atoms with van der Waals surface area (Å²) in [6.45, 7) is 3.14. The Morgan fingerprint density at radius 1 is 1.09 bits per heavy atom. The molecule has 0 spiro atoms. The van der Waals surface area contributed by atoms with E-state index in [4.69, 9.17) is 9.73 Å². The topological polar surface area (TPSA) is 104 Å². The molecule has 1 saturated carbocycles. The maximum atomic E-state index is 13.5. The molecule has 184 valence electrons. The van der Waals surface area contributed by atoms with Crippen LogP contribution in [0.5, 0.6) is 0 Å². The molecule has 1 aliphatic rings. The van der Waals surface area contributed by atoms with E-state index in [1.807, 2.05) is 60.7 Å². The summed E-state index contributed by atoms with van der Waals surface area (Å²) in [7, 11) is 0. The fourth-order valence-corrected chi connectivity index (χ4v) is 4.27. The monoisotopic (exact) mass is 474 g/mol. The van der Waals surface area contributed by atoms with E-state index in [-0.39, 0.29) is 12.5 Å². The van der Waals surface area contributed by atoms with Crippen molar-refractivity contribution in [3.05, 3.63) is 71.8 Å². The zero-order chi connectivity index (χ0) is 25.1. The van der Waals surface area contributed by atoms with Gasteiger partial charge in [-0.25, -0.2) is 0 Å². The van der Waals surface area contributed by atoms with Crippen molar-refractivity contribution in [1.29, 1.82) is 5.26 Å². The van der Waals surface area contributed by atoms with Crippen LogP contribution in [-0.4, -0.2) is 29.4 Å². The Morgan fingerprint density at radius 3 is 2.31 bits per heavy atom. The van der Waals surface area contributed by atoms with Crippen molar-refractivity contribution in [2.45, 2.75) is 70.7 Å². The molecule has 7 nitrogen and oxygen atoms in total. The first-order valence-electron chi connectivity index (χ1n) is 12.2. The number of carbonyl (C=O) groups is 2. The van der Waals surface area contributed by atoms with Gasteiger partial charge < -0.3 is 15.4 Å². The van der Waals surface area contributed by atoms with Gasteiger partial charge in [0.2, 0.25) is 17.5 Å². The second kappa shape index (κ2) is 12.8. The maximum Gasteiger partial charge on any atom is 0.247 e. The summed E-state index contributed by atoms with van der Waals surface area (Å²) in [5, 5.41) is 15.4. The van der Waals surface area contributed by atoms with Crippen LogP contribution in [-0.2, 0) is 20.9 Å². The summed E-state index contributed by atoms with van der Waals surface area (Å²) in [5.41, 5.74) is 0.0956. The van der Waals surface area contributed by atoms with Crippen molar-refractivity contribution in [2.75, 3.05) is 0 Å². The van der Waals surface area contributed by atoms with Crippen molar-refractivity contribution in [3.63, 3.8) is 0 Å². The number of nitrogens with one attached hydrogen (secondary N) is 2. The van der Waals surface area contributed by atoms with Gasteiger partial charge in [0.15, 0.2) is 0 Å². The van der Waals surface area contributed by atoms with Crippen LogP contribution in [0.25, 0.3) is 0 Å². The van der Waals surface area contributed by atoms with Crippen molar-refractivity contribution < 1.29 is 14.3 Å². The number of amidine groups is 1. The van der Waals surface area contributed by atoms with Gasteiger partial charge in [0.1, 0.15) is 17.9 Å². The molecular formula is C28H34N4O3. The van der Waals surface area contributed by atoms with Crippen molar-refractivity contribution in [3.8, 4) is 6.07 Å². The number of hydrogen-bond donors (Lipinski definition) is 2. The first-order chi connectivity index (χ1) is 16.9. The lowest BCUT2D eigenvalue weighted by atomic mass is 9.84. The Balaban J connectivity index is 1.83. The Hall–Kier alpha value is -3.50. The van der Waals surface area contributed by atoms with Gasteiger partial charge in [0.05, 0.1) is 6.61 Å². The maximum absolute atomic E-state index is 13.5. The highest BCUT2D eigenvalue weighted by Crippen LogP contribution is 2.28. The zero-order valence-corrected chi connectivity index (χ0v) is 20.5. The lowest BCUT2D eigenvalue weighted by Gasteiger charge is -2.28. The summed E-state index contributed by atoms with van der Waals surface area (Å²) >= 11 is 0. The molecule has 35 heavy (non-hydrogen) atoms. The fourth-order valence-electron chi connectivity index (χ4n) is 4.27. The lowest BCUT2D eigenvalue weighted by molar-refractivity contribution is -0.130.